The molecule has 7 heteroatoms. The van der Waals surface area contributed by atoms with Crippen LogP contribution in [0.2, 0.25) is 0 Å². The Morgan fingerprint density at radius 3 is 2.38 bits per heavy atom. The molecule has 0 saturated heterocycles. The molecule has 1 N–H and O–H groups in total. The van der Waals surface area contributed by atoms with Crippen LogP contribution in [0.4, 0.5) is 0 Å². The number of benzene rings is 1. The first kappa shape index (κ1) is 16.1. The summed E-state index contributed by atoms with van der Waals surface area (Å²) in [7, 11) is -3.16. The maximum atomic E-state index is 11.5. The van der Waals surface area contributed by atoms with E-state index in [-0.39, 0.29) is 6.04 Å². The first-order chi connectivity index (χ1) is 9.95. The number of hydrogen-bond acceptors (Lipinski definition) is 6. The second-order valence-corrected chi connectivity index (χ2v) is 7.79. The molecule has 0 aliphatic carbocycles. The minimum absolute atomic E-state index is 0.219. The molecule has 0 saturated carbocycles. The van der Waals surface area contributed by atoms with E-state index in [1.54, 1.807) is 24.3 Å². The highest BCUT2D eigenvalue weighted by Gasteiger charge is 2.15. The molecule has 1 atom stereocenters. The summed E-state index contributed by atoms with van der Waals surface area (Å²) in [5.41, 5.74) is 0.887. The lowest BCUT2D eigenvalue weighted by atomic mass is 10.2. The molecule has 0 radical (unpaired) electrons. The SMILES string of the molecule is CCNC(CC)c1nnc(-c2ccc(S(C)(=O)=O)cc2)s1. The lowest BCUT2D eigenvalue weighted by Crippen LogP contribution is -2.19. The van der Waals surface area contributed by atoms with E-state index in [2.05, 4.69) is 29.4 Å². The third-order valence-corrected chi connectivity index (χ3v) is 5.34. The molecule has 0 amide bonds. The molecular weight excluding hydrogens is 306 g/mol. The first-order valence-electron chi connectivity index (χ1n) is 6.83. The molecule has 2 aromatic rings. The van der Waals surface area contributed by atoms with Crippen LogP contribution < -0.4 is 5.32 Å². The zero-order valence-electron chi connectivity index (χ0n) is 12.3. The molecule has 1 unspecified atom stereocenters. The Morgan fingerprint density at radius 2 is 1.86 bits per heavy atom. The Bertz CT molecular complexity index is 693. The molecule has 0 spiro atoms. The van der Waals surface area contributed by atoms with Gasteiger partial charge in [-0.15, -0.1) is 10.2 Å². The lowest BCUT2D eigenvalue weighted by molar-refractivity contribution is 0.531. The third kappa shape index (κ3) is 3.87. The van der Waals surface area contributed by atoms with Crippen LogP contribution in [0.3, 0.4) is 0 Å². The first-order valence-corrected chi connectivity index (χ1v) is 9.53. The summed E-state index contributed by atoms with van der Waals surface area (Å²) in [6.07, 6.45) is 2.16. The summed E-state index contributed by atoms with van der Waals surface area (Å²) in [6, 6.07) is 6.97. The smallest absolute Gasteiger partial charge is 0.175 e. The molecule has 0 aliphatic rings. The molecule has 0 aliphatic heterocycles. The van der Waals surface area contributed by atoms with Crippen molar-refractivity contribution in [1.29, 1.82) is 0 Å². The molecule has 21 heavy (non-hydrogen) atoms. The van der Waals surface area contributed by atoms with Gasteiger partial charge in [-0.25, -0.2) is 8.42 Å². The summed E-state index contributed by atoms with van der Waals surface area (Å²) in [4.78, 5) is 0.315. The van der Waals surface area contributed by atoms with Crippen molar-refractivity contribution in [2.75, 3.05) is 12.8 Å². The van der Waals surface area contributed by atoms with Gasteiger partial charge in [0.1, 0.15) is 10.0 Å². The Balaban J connectivity index is 2.25. The lowest BCUT2D eigenvalue weighted by Gasteiger charge is -2.10. The number of rotatable bonds is 6. The average Bonchev–Trinajstić information content (AvgIpc) is 2.93. The number of nitrogens with zero attached hydrogens (tertiary/aromatic N) is 2. The van der Waals surface area contributed by atoms with Crippen LogP contribution in [0.25, 0.3) is 10.6 Å². The van der Waals surface area contributed by atoms with E-state index in [0.717, 1.165) is 28.5 Å². The van der Waals surface area contributed by atoms with E-state index in [0.29, 0.717) is 4.90 Å². The fourth-order valence-corrected chi connectivity index (χ4v) is 3.63. The number of hydrogen-bond donors (Lipinski definition) is 1. The van der Waals surface area contributed by atoms with Gasteiger partial charge in [-0.05, 0) is 25.1 Å². The van der Waals surface area contributed by atoms with Crippen molar-refractivity contribution in [3.8, 4) is 10.6 Å². The van der Waals surface area contributed by atoms with Crippen molar-refractivity contribution in [2.45, 2.75) is 31.2 Å². The molecule has 2 rings (SSSR count). The molecule has 0 bridgehead atoms. The fourth-order valence-electron chi connectivity index (χ4n) is 1.99. The van der Waals surface area contributed by atoms with Gasteiger partial charge in [0.25, 0.3) is 0 Å². The van der Waals surface area contributed by atoms with Gasteiger partial charge in [-0.2, -0.15) is 0 Å². The maximum Gasteiger partial charge on any atom is 0.175 e. The van der Waals surface area contributed by atoms with Gasteiger partial charge < -0.3 is 5.32 Å². The van der Waals surface area contributed by atoms with Crippen LogP contribution in [0.15, 0.2) is 29.2 Å². The summed E-state index contributed by atoms with van der Waals surface area (Å²) in [6.45, 7) is 5.06. The van der Waals surface area contributed by atoms with Gasteiger partial charge in [0.05, 0.1) is 10.9 Å². The second kappa shape index (κ2) is 6.64. The predicted molar refractivity (Wildman–Crippen MR) is 85.2 cm³/mol. The van der Waals surface area contributed by atoms with Crippen LogP contribution in [-0.4, -0.2) is 31.4 Å². The summed E-state index contributed by atoms with van der Waals surface area (Å²) in [5.74, 6) is 0. The van der Waals surface area contributed by atoms with Gasteiger partial charge in [0, 0.05) is 11.8 Å². The van der Waals surface area contributed by atoms with Crippen LogP contribution in [0, 0.1) is 0 Å². The van der Waals surface area contributed by atoms with E-state index < -0.39 is 9.84 Å². The van der Waals surface area contributed by atoms with Crippen molar-refractivity contribution in [1.82, 2.24) is 15.5 Å². The minimum atomic E-state index is -3.16. The minimum Gasteiger partial charge on any atom is -0.308 e. The Morgan fingerprint density at radius 1 is 1.19 bits per heavy atom. The van der Waals surface area contributed by atoms with Crippen LogP contribution in [0.1, 0.15) is 31.3 Å². The fraction of sp³-hybridized carbons (Fsp3) is 0.429. The van der Waals surface area contributed by atoms with E-state index in [1.165, 1.54) is 17.6 Å². The van der Waals surface area contributed by atoms with E-state index in [1.807, 2.05) is 0 Å². The predicted octanol–water partition coefficient (Wildman–Crippen LogP) is 2.67. The quantitative estimate of drug-likeness (QED) is 0.884. The monoisotopic (exact) mass is 325 g/mol. The van der Waals surface area contributed by atoms with Gasteiger partial charge >= 0.3 is 0 Å². The highest BCUT2D eigenvalue weighted by molar-refractivity contribution is 7.90. The van der Waals surface area contributed by atoms with Crippen molar-refractivity contribution < 1.29 is 8.42 Å². The second-order valence-electron chi connectivity index (χ2n) is 4.76. The highest BCUT2D eigenvalue weighted by Crippen LogP contribution is 2.28. The molecule has 1 heterocycles. The zero-order valence-corrected chi connectivity index (χ0v) is 14.0. The molecule has 114 valence electrons. The van der Waals surface area contributed by atoms with E-state index in [4.69, 9.17) is 0 Å². The molecular formula is C14H19N3O2S2. The number of sulfone groups is 1. The summed E-state index contributed by atoms with van der Waals surface area (Å²) >= 11 is 1.54. The van der Waals surface area contributed by atoms with Crippen molar-refractivity contribution in [3.63, 3.8) is 0 Å². The maximum absolute atomic E-state index is 11.5. The van der Waals surface area contributed by atoms with E-state index >= 15 is 0 Å². The molecule has 1 aromatic heterocycles. The van der Waals surface area contributed by atoms with Crippen LogP contribution >= 0.6 is 11.3 Å². The van der Waals surface area contributed by atoms with Gasteiger partial charge in [0.15, 0.2) is 9.84 Å². The van der Waals surface area contributed by atoms with Crippen LogP contribution in [-0.2, 0) is 9.84 Å². The van der Waals surface area contributed by atoms with Crippen LogP contribution in [0.5, 0.6) is 0 Å². The summed E-state index contributed by atoms with van der Waals surface area (Å²) < 4.78 is 22.9. The molecule has 1 aromatic carbocycles. The van der Waals surface area contributed by atoms with Gasteiger partial charge in [0.2, 0.25) is 0 Å². The normalized spacial score (nSPS) is 13.3. The highest BCUT2D eigenvalue weighted by atomic mass is 32.2. The average molecular weight is 325 g/mol. The summed E-state index contributed by atoms with van der Waals surface area (Å²) in [5, 5.41) is 13.6. The van der Waals surface area contributed by atoms with Crippen molar-refractivity contribution >= 4 is 21.2 Å². The van der Waals surface area contributed by atoms with Crippen molar-refractivity contribution in [3.05, 3.63) is 29.3 Å². The van der Waals surface area contributed by atoms with Gasteiger partial charge in [-0.1, -0.05) is 37.3 Å². The Hall–Kier alpha value is -1.31. The Labute approximate surface area is 129 Å². The Kier molecular flexibility index (Phi) is 5.08. The number of nitrogens with one attached hydrogen (secondary N) is 1. The van der Waals surface area contributed by atoms with E-state index in [9.17, 15) is 8.42 Å². The third-order valence-electron chi connectivity index (χ3n) is 3.13. The molecule has 0 fully saturated rings. The largest absolute Gasteiger partial charge is 0.308 e. The number of aromatic nitrogens is 2. The standard InChI is InChI=1S/C14H19N3O2S2/c1-4-12(15-5-2)14-17-16-13(20-14)10-6-8-11(9-7-10)21(3,18)19/h6-9,12,15H,4-5H2,1-3H3. The van der Waals surface area contributed by atoms with Gasteiger partial charge in [-0.3, -0.25) is 0 Å². The van der Waals surface area contributed by atoms with Crippen molar-refractivity contribution in [2.24, 2.45) is 0 Å². The zero-order chi connectivity index (χ0) is 15.5. The topological polar surface area (TPSA) is 72.0 Å². The molecule has 5 nitrogen and oxygen atoms in total.